The maximum absolute atomic E-state index is 12.6. The van der Waals surface area contributed by atoms with Gasteiger partial charge in [0, 0.05) is 31.9 Å². The van der Waals surface area contributed by atoms with Gasteiger partial charge in [-0.15, -0.1) is 0 Å². The van der Waals surface area contributed by atoms with Gasteiger partial charge in [0.1, 0.15) is 5.69 Å². The van der Waals surface area contributed by atoms with E-state index < -0.39 is 0 Å². The molecular formula is C19H25N5O2. The lowest BCUT2D eigenvalue weighted by molar-refractivity contribution is -0.121. The molecule has 0 aliphatic carbocycles. The van der Waals surface area contributed by atoms with Crippen molar-refractivity contribution in [1.82, 2.24) is 25.2 Å². The summed E-state index contributed by atoms with van der Waals surface area (Å²) in [5.74, 6) is -0.302. The van der Waals surface area contributed by atoms with Crippen molar-refractivity contribution in [1.29, 1.82) is 0 Å². The molecule has 26 heavy (non-hydrogen) atoms. The van der Waals surface area contributed by atoms with Gasteiger partial charge in [-0.2, -0.15) is 0 Å². The van der Waals surface area contributed by atoms with Crippen LogP contribution in [0.5, 0.6) is 0 Å². The van der Waals surface area contributed by atoms with Crippen LogP contribution in [0, 0.1) is 6.92 Å². The smallest absolute Gasteiger partial charge is 0.274 e. The van der Waals surface area contributed by atoms with Gasteiger partial charge in [0.15, 0.2) is 0 Å². The fourth-order valence-electron chi connectivity index (χ4n) is 2.35. The molecule has 0 fully saturated rings. The van der Waals surface area contributed by atoms with Gasteiger partial charge in [-0.1, -0.05) is 19.4 Å². The van der Waals surface area contributed by atoms with E-state index >= 15 is 0 Å². The van der Waals surface area contributed by atoms with Crippen LogP contribution in [0.2, 0.25) is 0 Å². The third-order valence-electron chi connectivity index (χ3n) is 3.87. The van der Waals surface area contributed by atoms with Crippen LogP contribution in [-0.2, 0) is 11.3 Å². The summed E-state index contributed by atoms with van der Waals surface area (Å²) in [5, 5.41) is 2.83. The highest BCUT2D eigenvalue weighted by atomic mass is 16.2. The van der Waals surface area contributed by atoms with Gasteiger partial charge in [0.2, 0.25) is 5.91 Å². The molecule has 7 heteroatoms. The van der Waals surface area contributed by atoms with Crippen molar-refractivity contribution in [3.8, 4) is 0 Å². The standard InChI is InChI=1S/C19H25N5O2/c1-3-4-10-24(19(26)17-14-21-15(2)12-22-17)11-8-18(25)23-13-16-7-5-6-9-20-16/h5-7,9,12,14H,3-4,8,10-11,13H2,1-2H3,(H,23,25). The lowest BCUT2D eigenvalue weighted by Gasteiger charge is -2.22. The second-order valence-electron chi connectivity index (χ2n) is 6.04. The summed E-state index contributed by atoms with van der Waals surface area (Å²) < 4.78 is 0. The molecule has 0 aromatic carbocycles. The van der Waals surface area contributed by atoms with Gasteiger partial charge in [-0.25, -0.2) is 4.98 Å². The zero-order chi connectivity index (χ0) is 18.8. The summed E-state index contributed by atoms with van der Waals surface area (Å²) in [6.07, 6.45) is 6.83. The van der Waals surface area contributed by atoms with Crippen molar-refractivity contribution in [3.63, 3.8) is 0 Å². The summed E-state index contributed by atoms with van der Waals surface area (Å²) in [6.45, 7) is 5.21. The number of rotatable bonds is 9. The SMILES string of the molecule is CCCCN(CCC(=O)NCc1ccccn1)C(=O)c1cnc(C)cn1. The monoisotopic (exact) mass is 355 g/mol. The zero-order valence-corrected chi connectivity index (χ0v) is 15.3. The molecule has 0 atom stereocenters. The quantitative estimate of drug-likeness (QED) is 0.744. The molecule has 0 aliphatic heterocycles. The van der Waals surface area contributed by atoms with Crippen molar-refractivity contribution in [2.75, 3.05) is 13.1 Å². The van der Waals surface area contributed by atoms with E-state index in [9.17, 15) is 9.59 Å². The van der Waals surface area contributed by atoms with Gasteiger partial charge >= 0.3 is 0 Å². The third-order valence-corrected chi connectivity index (χ3v) is 3.87. The third kappa shape index (κ3) is 6.23. The molecule has 0 saturated carbocycles. The molecule has 0 unspecified atom stereocenters. The summed E-state index contributed by atoms with van der Waals surface area (Å²) in [6, 6.07) is 5.56. The number of pyridine rings is 1. The van der Waals surface area contributed by atoms with E-state index in [1.165, 1.54) is 6.20 Å². The maximum Gasteiger partial charge on any atom is 0.274 e. The van der Waals surface area contributed by atoms with Gasteiger partial charge < -0.3 is 10.2 Å². The number of carbonyl (C=O) groups excluding carboxylic acids is 2. The minimum absolute atomic E-state index is 0.111. The first-order valence-corrected chi connectivity index (χ1v) is 8.84. The van der Waals surface area contributed by atoms with Crippen molar-refractivity contribution >= 4 is 11.8 Å². The fraction of sp³-hybridized carbons (Fsp3) is 0.421. The molecule has 2 amide bonds. The van der Waals surface area contributed by atoms with Crippen LogP contribution in [0.1, 0.15) is 48.1 Å². The molecule has 0 saturated heterocycles. The Balaban J connectivity index is 1.89. The van der Waals surface area contributed by atoms with E-state index in [1.807, 2.05) is 25.1 Å². The number of amides is 2. The molecule has 7 nitrogen and oxygen atoms in total. The molecule has 0 aliphatic rings. The number of aromatic nitrogens is 3. The summed E-state index contributed by atoms with van der Waals surface area (Å²) in [7, 11) is 0. The first-order chi connectivity index (χ1) is 12.6. The van der Waals surface area contributed by atoms with E-state index in [1.54, 1.807) is 17.3 Å². The molecule has 0 bridgehead atoms. The lowest BCUT2D eigenvalue weighted by atomic mass is 10.2. The number of hydrogen-bond acceptors (Lipinski definition) is 5. The largest absolute Gasteiger partial charge is 0.350 e. The molecule has 2 rings (SSSR count). The topological polar surface area (TPSA) is 88.1 Å². The predicted octanol–water partition coefficient (Wildman–Crippen LogP) is 2.13. The Morgan fingerprint density at radius 1 is 1.12 bits per heavy atom. The molecule has 1 N–H and O–H groups in total. The average molecular weight is 355 g/mol. The van der Waals surface area contributed by atoms with E-state index in [-0.39, 0.29) is 18.2 Å². The Labute approximate surface area is 153 Å². The van der Waals surface area contributed by atoms with Gasteiger partial charge in [0.25, 0.3) is 5.91 Å². The molecule has 0 radical (unpaired) electrons. The summed E-state index contributed by atoms with van der Waals surface area (Å²) in [4.78, 5) is 38.8. The van der Waals surface area contributed by atoms with Crippen LogP contribution in [0.25, 0.3) is 0 Å². The Hall–Kier alpha value is -2.83. The highest BCUT2D eigenvalue weighted by Crippen LogP contribution is 2.05. The summed E-state index contributed by atoms with van der Waals surface area (Å²) >= 11 is 0. The first-order valence-electron chi connectivity index (χ1n) is 8.84. The Kier molecular flexibility index (Phi) is 7.67. The van der Waals surface area contributed by atoms with Crippen LogP contribution in [-0.4, -0.2) is 44.8 Å². The molecule has 2 aromatic heterocycles. The van der Waals surface area contributed by atoms with E-state index in [2.05, 4.69) is 27.2 Å². The first kappa shape index (κ1) is 19.5. The minimum atomic E-state index is -0.191. The van der Waals surface area contributed by atoms with Crippen LogP contribution in [0.4, 0.5) is 0 Å². The summed E-state index contributed by atoms with van der Waals surface area (Å²) in [5.41, 5.74) is 1.87. The highest BCUT2D eigenvalue weighted by molar-refractivity contribution is 5.92. The van der Waals surface area contributed by atoms with Crippen molar-refractivity contribution in [2.24, 2.45) is 0 Å². The predicted molar refractivity (Wildman–Crippen MR) is 98.3 cm³/mol. The highest BCUT2D eigenvalue weighted by Gasteiger charge is 2.18. The number of nitrogens with zero attached hydrogens (tertiary/aromatic N) is 4. The molecule has 2 aromatic rings. The van der Waals surface area contributed by atoms with Crippen molar-refractivity contribution in [3.05, 3.63) is 53.9 Å². The number of hydrogen-bond donors (Lipinski definition) is 1. The Morgan fingerprint density at radius 3 is 2.62 bits per heavy atom. The lowest BCUT2D eigenvalue weighted by Crippen LogP contribution is -2.36. The second kappa shape index (κ2) is 10.2. The minimum Gasteiger partial charge on any atom is -0.350 e. The van der Waals surface area contributed by atoms with E-state index in [4.69, 9.17) is 0 Å². The van der Waals surface area contributed by atoms with Crippen LogP contribution in [0.15, 0.2) is 36.8 Å². The van der Waals surface area contributed by atoms with Crippen molar-refractivity contribution < 1.29 is 9.59 Å². The van der Waals surface area contributed by atoms with E-state index in [0.717, 1.165) is 24.2 Å². The molecular weight excluding hydrogens is 330 g/mol. The second-order valence-corrected chi connectivity index (χ2v) is 6.04. The zero-order valence-electron chi connectivity index (χ0n) is 15.3. The number of nitrogens with one attached hydrogen (secondary N) is 1. The number of aryl methyl sites for hydroxylation is 1. The average Bonchev–Trinajstić information content (AvgIpc) is 2.67. The number of carbonyl (C=O) groups is 2. The Morgan fingerprint density at radius 2 is 1.96 bits per heavy atom. The van der Waals surface area contributed by atoms with Crippen LogP contribution in [0.3, 0.4) is 0 Å². The van der Waals surface area contributed by atoms with E-state index in [0.29, 0.717) is 25.3 Å². The fourth-order valence-corrected chi connectivity index (χ4v) is 2.35. The maximum atomic E-state index is 12.6. The molecule has 2 heterocycles. The van der Waals surface area contributed by atoms with Crippen LogP contribution >= 0.6 is 0 Å². The molecule has 0 spiro atoms. The van der Waals surface area contributed by atoms with Gasteiger partial charge in [-0.3, -0.25) is 19.6 Å². The number of unbranched alkanes of at least 4 members (excludes halogenated alkanes) is 1. The van der Waals surface area contributed by atoms with Crippen LogP contribution < -0.4 is 5.32 Å². The molecule has 138 valence electrons. The van der Waals surface area contributed by atoms with Crippen molar-refractivity contribution in [2.45, 2.75) is 39.7 Å². The van der Waals surface area contributed by atoms with Gasteiger partial charge in [-0.05, 0) is 25.5 Å². The normalized spacial score (nSPS) is 10.4. The van der Waals surface area contributed by atoms with Gasteiger partial charge in [0.05, 0.1) is 24.1 Å². The Bertz CT molecular complexity index is 704.